The number of halogens is 1. The fourth-order valence-corrected chi connectivity index (χ4v) is 3.51. The molecule has 0 N–H and O–H groups in total. The van der Waals surface area contributed by atoms with Gasteiger partial charge in [-0.25, -0.2) is 15.0 Å². The molecule has 25 heavy (non-hydrogen) atoms. The van der Waals surface area contributed by atoms with E-state index in [1.54, 1.807) is 6.33 Å². The Balaban J connectivity index is 1.42. The normalized spacial score (nSPS) is 15.9. The van der Waals surface area contributed by atoms with Gasteiger partial charge in [0.2, 0.25) is 5.89 Å². The van der Waals surface area contributed by atoms with Crippen molar-refractivity contribution in [2.24, 2.45) is 0 Å². The van der Waals surface area contributed by atoms with E-state index in [0.29, 0.717) is 0 Å². The van der Waals surface area contributed by atoms with Crippen molar-refractivity contribution in [1.82, 2.24) is 19.9 Å². The maximum atomic E-state index is 5.88. The minimum absolute atomic E-state index is 0.738. The molecule has 0 radical (unpaired) electrons. The number of piperazine rings is 1. The Kier molecular flexibility index (Phi) is 4.43. The Bertz CT molecular complexity index is 902. The van der Waals surface area contributed by atoms with Crippen LogP contribution in [0.25, 0.3) is 11.1 Å². The zero-order valence-corrected chi connectivity index (χ0v) is 16.0. The smallest absolute Gasteiger partial charge is 0.209 e. The predicted octanol–water partition coefficient (Wildman–Crippen LogP) is 3.32. The van der Waals surface area contributed by atoms with E-state index in [2.05, 4.69) is 47.6 Å². The van der Waals surface area contributed by atoms with Crippen LogP contribution in [-0.4, -0.2) is 46.0 Å². The van der Waals surface area contributed by atoms with Crippen LogP contribution in [0.1, 0.15) is 17.1 Å². The molecule has 130 valence electrons. The van der Waals surface area contributed by atoms with Gasteiger partial charge >= 0.3 is 0 Å². The molecule has 7 heteroatoms. The third-order valence-corrected chi connectivity index (χ3v) is 5.23. The van der Waals surface area contributed by atoms with E-state index in [1.165, 1.54) is 5.56 Å². The van der Waals surface area contributed by atoms with Crippen molar-refractivity contribution < 1.29 is 4.42 Å². The Hall–Kier alpha value is -1.99. The summed E-state index contributed by atoms with van der Waals surface area (Å²) >= 11 is 3.47. The number of rotatable bonds is 3. The van der Waals surface area contributed by atoms with Gasteiger partial charge in [0.05, 0.1) is 6.54 Å². The van der Waals surface area contributed by atoms with Gasteiger partial charge in [-0.15, -0.1) is 0 Å². The molecule has 0 spiro atoms. The quantitative estimate of drug-likeness (QED) is 0.670. The summed E-state index contributed by atoms with van der Waals surface area (Å²) in [4.78, 5) is 18.0. The molecule has 1 aliphatic heterocycles. The molecule has 0 aliphatic carbocycles. The summed E-state index contributed by atoms with van der Waals surface area (Å²) in [5.74, 6) is 1.83. The molecule has 4 rings (SSSR count). The summed E-state index contributed by atoms with van der Waals surface area (Å²) < 4.78 is 6.89. The highest BCUT2D eigenvalue weighted by atomic mass is 79.9. The number of aryl methyl sites for hydroxylation is 1. The number of hydrogen-bond donors (Lipinski definition) is 0. The number of fused-ring (bicyclic) bond motifs is 1. The molecular weight excluding hydrogens is 382 g/mol. The summed E-state index contributed by atoms with van der Waals surface area (Å²) in [6.07, 6.45) is 1.65. The van der Waals surface area contributed by atoms with Crippen LogP contribution in [0.5, 0.6) is 0 Å². The highest BCUT2D eigenvalue weighted by Gasteiger charge is 2.21. The average Bonchev–Trinajstić information content (AvgIpc) is 2.99. The first-order valence-electron chi connectivity index (χ1n) is 8.40. The molecule has 3 aromatic rings. The van der Waals surface area contributed by atoms with Crippen molar-refractivity contribution in [3.8, 4) is 0 Å². The molecule has 1 aliphatic rings. The van der Waals surface area contributed by atoms with Gasteiger partial charge in [0, 0.05) is 41.9 Å². The molecule has 0 bridgehead atoms. The summed E-state index contributed by atoms with van der Waals surface area (Å²) in [7, 11) is 0. The molecule has 1 saturated heterocycles. The molecule has 3 heterocycles. The van der Waals surface area contributed by atoms with Crippen LogP contribution in [0.3, 0.4) is 0 Å². The van der Waals surface area contributed by atoms with Gasteiger partial charge in [-0.05, 0) is 32.0 Å². The van der Waals surface area contributed by atoms with Gasteiger partial charge in [-0.3, -0.25) is 4.90 Å². The number of aromatic nitrogens is 3. The second kappa shape index (κ2) is 6.72. The third-order valence-electron chi connectivity index (χ3n) is 4.73. The lowest BCUT2D eigenvalue weighted by molar-refractivity contribution is 0.228. The van der Waals surface area contributed by atoms with Crippen molar-refractivity contribution in [1.29, 1.82) is 0 Å². The van der Waals surface area contributed by atoms with E-state index in [4.69, 9.17) is 4.42 Å². The average molecular weight is 402 g/mol. The van der Waals surface area contributed by atoms with E-state index >= 15 is 0 Å². The van der Waals surface area contributed by atoms with Crippen LogP contribution >= 0.6 is 15.9 Å². The van der Waals surface area contributed by atoms with Gasteiger partial charge in [0.25, 0.3) is 0 Å². The lowest BCUT2D eigenvalue weighted by atomic mass is 10.2. The monoisotopic (exact) mass is 401 g/mol. The molecule has 6 nitrogen and oxygen atoms in total. The number of anilines is 1. The fourth-order valence-electron chi connectivity index (χ4n) is 3.17. The largest absolute Gasteiger partial charge is 0.439 e. The van der Waals surface area contributed by atoms with Crippen molar-refractivity contribution in [3.63, 3.8) is 0 Å². The standard InChI is InChI=1S/C18H20BrN5O/c1-12-13(2)20-11-21-18(12)24-7-5-23(6-8-24)10-17-22-15-4-3-14(19)9-16(15)25-17/h3-4,9,11H,5-8,10H2,1-2H3. The van der Waals surface area contributed by atoms with Crippen molar-refractivity contribution in [2.45, 2.75) is 20.4 Å². The fraction of sp³-hybridized carbons (Fsp3) is 0.389. The van der Waals surface area contributed by atoms with E-state index in [0.717, 1.165) is 65.7 Å². The molecule has 0 atom stereocenters. The molecule has 1 fully saturated rings. The van der Waals surface area contributed by atoms with Gasteiger partial charge in [-0.1, -0.05) is 15.9 Å². The van der Waals surface area contributed by atoms with Crippen LogP contribution in [0.15, 0.2) is 33.4 Å². The lowest BCUT2D eigenvalue weighted by Crippen LogP contribution is -2.46. The maximum absolute atomic E-state index is 5.88. The van der Waals surface area contributed by atoms with Gasteiger partial charge in [-0.2, -0.15) is 0 Å². The predicted molar refractivity (Wildman–Crippen MR) is 101 cm³/mol. The zero-order valence-electron chi connectivity index (χ0n) is 14.4. The number of oxazole rings is 1. The SMILES string of the molecule is Cc1ncnc(N2CCN(Cc3nc4ccc(Br)cc4o3)CC2)c1C. The molecule has 1 aromatic carbocycles. The first-order valence-corrected chi connectivity index (χ1v) is 9.20. The third kappa shape index (κ3) is 3.39. The van der Waals surface area contributed by atoms with Crippen LogP contribution in [-0.2, 0) is 6.54 Å². The topological polar surface area (TPSA) is 58.3 Å². The van der Waals surface area contributed by atoms with Crippen LogP contribution in [0, 0.1) is 13.8 Å². The highest BCUT2D eigenvalue weighted by molar-refractivity contribution is 9.10. The van der Waals surface area contributed by atoms with Crippen molar-refractivity contribution in [2.75, 3.05) is 31.1 Å². The Labute approximate surface area is 155 Å². The molecular formula is C18H20BrN5O. The van der Waals surface area contributed by atoms with Crippen LogP contribution in [0.2, 0.25) is 0 Å². The van der Waals surface area contributed by atoms with E-state index in [1.807, 2.05) is 25.1 Å². The van der Waals surface area contributed by atoms with Gasteiger partial charge in [0.15, 0.2) is 5.58 Å². The Morgan fingerprint density at radius 2 is 1.92 bits per heavy atom. The molecule has 0 unspecified atom stereocenters. The van der Waals surface area contributed by atoms with E-state index < -0.39 is 0 Å². The Morgan fingerprint density at radius 1 is 1.12 bits per heavy atom. The maximum Gasteiger partial charge on any atom is 0.209 e. The zero-order chi connectivity index (χ0) is 17.4. The van der Waals surface area contributed by atoms with E-state index in [9.17, 15) is 0 Å². The van der Waals surface area contributed by atoms with Gasteiger partial charge < -0.3 is 9.32 Å². The van der Waals surface area contributed by atoms with Crippen LogP contribution < -0.4 is 4.90 Å². The minimum atomic E-state index is 0.738. The Morgan fingerprint density at radius 3 is 2.72 bits per heavy atom. The molecule has 0 amide bonds. The second-order valence-electron chi connectivity index (χ2n) is 6.39. The number of hydrogen-bond acceptors (Lipinski definition) is 6. The number of nitrogens with zero attached hydrogens (tertiary/aromatic N) is 5. The molecule has 0 saturated carbocycles. The number of benzene rings is 1. The minimum Gasteiger partial charge on any atom is -0.439 e. The van der Waals surface area contributed by atoms with Crippen molar-refractivity contribution >= 4 is 32.8 Å². The van der Waals surface area contributed by atoms with Gasteiger partial charge in [0.1, 0.15) is 17.7 Å². The van der Waals surface area contributed by atoms with E-state index in [-0.39, 0.29) is 0 Å². The first kappa shape index (κ1) is 16.5. The summed E-state index contributed by atoms with van der Waals surface area (Å²) in [6.45, 7) is 8.68. The van der Waals surface area contributed by atoms with Crippen molar-refractivity contribution in [3.05, 3.63) is 46.1 Å². The summed E-state index contributed by atoms with van der Waals surface area (Å²) in [6, 6.07) is 5.92. The highest BCUT2D eigenvalue weighted by Crippen LogP contribution is 2.23. The lowest BCUT2D eigenvalue weighted by Gasteiger charge is -2.35. The van der Waals surface area contributed by atoms with Crippen LogP contribution in [0.4, 0.5) is 5.82 Å². The summed E-state index contributed by atoms with van der Waals surface area (Å²) in [5, 5.41) is 0. The molecule has 2 aromatic heterocycles. The first-order chi connectivity index (χ1) is 12.1. The summed E-state index contributed by atoms with van der Waals surface area (Å²) in [5.41, 5.74) is 3.95. The second-order valence-corrected chi connectivity index (χ2v) is 7.31.